The number of rotatable bonds is 5. The number of imide groups is 1. The van der Waals surface area contributed by atoms with Crippen molar-refractivity contribution in [3.63, 3.8) is 0 Å². The molecule has 0 aliphatic carbocycles. The number of nitrogens with zero attached hydrogens (tertiary/aromatic N) is 1. The Morgan fingerprint density at radius 1 is 1.29 bits per heavy atom. The number of urea groups is 1. The first-order valence-electron chi connectivity index (χ1n) is 6.73. The average molecular weight is 286 g/mol. The zero-order valence-corrected chi connectivity index (χ0v) is 12.1. The molecule has 1 aliphatic rings. The molecule has 1 saturated heterocycles. The number of amides is 3. The lowest BCUT2D eigenvalue weighted by Gasteiger charge is -2.09. The molecule has 2 rings (SSSR count). The van der Waals surface area contributed by atoms with Gasteiger partial charge in [0.1, 0.15) is 11.4 Å². The summed E-state index contributed by atoms with van der Waals surface area (Å²) < 4.78 is 5.55. The highest BCUT2D eigenvalue weighted by atomic mass is 16.5. The van der Waals surface area contributed by atoms with Gasteiger partial charge in [-0.3, -0.25) is 9.69 Å². The predicted molar refractivity (Wildman–Crippen MR) is 80.6 cm³/mol. The van der Waals surface area contributed by atoms with Crippen LogP contribution < -0.4 is 10.1 Å². The van der Waals surface area contributed by atoms with Gasteiger partial charge in [0, 0.05) is 6.54 Å². The van der Waals surface area contributed by atoms with Crippen molar-refractivity contribution in [3.8, 4) is 5.75 Å². The fourth-order valence-corrected chi connectivity index (χ4v) is 1.95. The third kappa shape index (κ3) is 3.51. The standard InChI is InChI=1S/C16H18N2O3/c1-4-9-18-15(19)14(17-16(18)20)10-12-5-7-13(8-6-12)21-11(2)3/h4-8,10-11H,1,9H2,2-3H3,(H,17,20). The summed E-state index contributed by atoms with van der Waals surface area (Å²) in [6.45, 7) is 7.64. The van der Waals surface area contributed by atoms with Gasteiger partial charge in [-0.05, 0) is 37.6 Å². The van der Waals surface area contributed by atoms with Crippen molar-refractivity contribution in [3.05, 3.63) is 48.2 Å². The third-order valence-electron chi connectivity index (χ3n) is 2.84. The maximum atomic E-state index is 12.0. The molecule has 3 amide bonds. The fraction of sp³-hybridized carbons (Fsp3) is 0.250. The second-order valence-electron chi connectivity index (χ2n) is 4.93. The van der Waals surface area contributed by atoms with Gasteiger partial charge in [-0.15, -0.1) is 6.58 Å². The van der Waals surface area contributed by atoms with Crippen molar-refractivity contribution in [2.24, 2.45) is 0 Å². The lowest BCUT2D eigenvalue weighted by atomic mass is 10.2. The number of hydrogen-bond acceptors (Lipinski definition) is 3. The molecule has 0 radical (unpaired) electrons. The van der Waals surface area contributed by atoms with Crippen LogP contribution in [0.5, 0.6) is 5.75 Å². The highest BCUT2D eigenvalue weighted by Crippen LogP contribution is 2.18. The quantitative estimate of drug-likeness (QED) is 0.514. The Bertz CT molecular complexity index is 588. The molecule has 1 N–H and O–H groups in total. The second kappa shape index (κ2) is 6.26. The van der Waals surface area contributed by atoms with Crippen molar-refractivity contribution in [2.45, 2.75) is 20.0 Å². The van der Waals surface area contributed by atoms with Gasteiger partial charge in [0.05, 0.1) is 6.10 Å². The Balaban J connectivity index is 2.15. The normalized spacial score (nSPS) is 16.5. The average Bonchev–Trinajstić information content (AvgIpc) is 2.69. The number of ether oxygens (including phenoxy) is 1. The first-order valence-corrected chi connectivity index (χ1v) is 6.73. The summed E-state index contributed by atoms with van der Waals surface area (Å²) in [4.78, 5) is 24.8. The van der Waals surface area contributed by atoms with Crippen molar-refractivity contribution in [2.75, 3.05) is 6.54 Å². The molecule has 0 unspecified atom stereocenters. The first kappa shape index (κ1) is 14.8. The van der Waals surface area contributed by atoms with Gasteiger partial charge < -0.3 is 10.1 Å². The van der Waals surface area contributed by atoms with Crippen LogP contribution in [-0.2, 0) is 4.79 Å². The van der Waals surface area contributed by atoms with E-state index in [1.165, 1.54) is 6.08 Å². The summed E-state index contributed by atoms with van der Waals surface area (Å²) in [5.41, 5.74) is 1.08. The summed E-state index contributed by atoms with van der Waals surface area (Å²) in [6.07, 6.45) is 3.26. The predicted octanol–water partition coefficient (Wildman–Crippen LogP) is 2.55. The van der Waals surface area contributed by atoms with Gasteiger partial charge in [-0.2, -0.15) is 0 Å². The molecule has 1 heterocycles. The lowest BCUT2D eigenvalue weighted by Crippen LogP contribution is -2.30. The van der Waals surface area contributed by atoms with Crippen LogP contribution in [0, 0.1) is 0 Å². The Labute approximate surface area is 123 Å². The van der Waals surface area contributed by atoms with Gasteiger partial charge in [-0.1, -0.05) is 18.2 Å². The van der Waals surface area contributed by atoms with Crippen LogP contribution in [0.1, 0.15) is 19.4 Å². The Morgan fingerprint density at radius 3 is 2.52 bits per heavy atom. The van der Waals surface area contributed by atoms with E-state index in [2.05, 4.69) is 11.9 Å². The van der Waals surface area contributed by atoms with Gasteiger partial charge in [0.15, 0.2) is 0 Å². The topological polar surface area (TPSA) is 58.6 Å². The van der Waals surface area contributed by atoms with E-state index in [0.29, 0.717) is 0 Å². The minimum atomic E-state index is -0.425. The Kier molecular flexibility index (Phi) is 4.42. The van der Waals surface area contributed by atoms with E-state index in [9.17, 15) is 9.59 Å². The molecular weight excluding hydrogens is 268 g/mol. The summed E-state index contributed by atoms with van der Waals surface area (Å²) in [5, 5.41) is 2.55. The molecule has 0 spiro atoms. The zero-order valence-electron chi connectivity index (χ0n) is 12.1. The second-order valence-corrected chi connectivity index (χ2v) is 4.93. The molecular formula is C16H18N2O3. The highest BCUT2D eigenvalue weighted by Gasteiger charge is 2.32. The van der Waals surface area contributed by atoms with Crippen LogP contribution in [0.4, 0.5) is 4.79 Å². The van der Waals surface area contributed by atoms with Crippen molar-refractivity contribution < 1.29 is 14.3 Å². The molecule has 1 aliphatic heterocycles. The van der Waals surface area contributed by atoms with Crippen molar-refractivity contribution in [1.82, 2.24) is 10.2 Å². The molecule has 110 valence electrons. The van der Waals surface area contributed by atoms with Gasteiger partial charge >= 0.3 is 6.03 Å². The number of hydrogen-bond donors (Lipinski definition) is 1. The Hall–Kier alpha value is -2.56. The molecule has 0 saturated carbocycles. The van der Waals surface area contributed by atoms with E-state index >= 15 is 0 Å². The molecule has 21 heavy (non-hydrogen) atoms. The molecule has 0 aromatic heterocycles. The number of carbonyl (C=O) groups is 2. The van der Waals surface area contributed by atoms with E-state index in [1.54, 1.807) is 6.08 Å². The van der Waals surface area contributed by atoms with Crippen LogP contribution in [-0.4, -0.2) is 29.5 Å². The minimum absolute atomic E-state index is 0.109. The monoisotopic (exact) mass is 286 g/mol. The highest BCUT2D eigenvalue weighted by molar-refractivity contribution is 6.14. The summed E-state index contributed by atoms with van der Waals surface area (Å²) in [7, 11) is 0. The van der Waals surface area contributed by atoms with Gasteiger partial charge in [-0.25, -0.2) is 4.79 Å². The van der Waals surface area contributed by atoms with Crippen LogP contribution in [0.3, 0.4) is 0 Å². The lowest BCUT2D eigenvalue weighted by molar-refractivity contribution is -0.122. The SMILES string of the molecule is C=CCN1C(=O)NC(=Cc2ccc(OC(C)C)cc2)C1=O. The van der Waals surface area contributed by atoms with E-state index in [0.717, 1.165) is 16.2 Å². The summed E-state index contributed by atoms with van der Waals surface area (Å²) in [5.74, 6) is 0.421. The van der Waals surface area contributed by atoms with Crippen LogP contribution in [0.15, 0.2) is 42.6 Å². The molecule has 1 fully saturated rings. The molecule has 5 nitrogen and oxygen atoms in total. The van der Waals surface area contributed by atoms with Crippen LogP contribution in [0.2, 0.25) is 0 Å². The first-order chi connectivity index (χ1) is 10.0. The molecule has 0 atom stereocenters. The van der Waals surface area contributed by atoms with E-state index < -0.39 is 6.03 Å². The van der Waals surface area contributed by atoms with Gasteiger partial charge in [0.2, 0.25) is 0 Å². The van der Waals surface area contributed by atoms with Crippen molar-refractivity contribution in [1.29, 1.82) is 0 Å². The molecule has 0 bridgehead atoms. The molecule has 5 heteroatoms. The Morgan fingerprint density at radius 2 is 1.95 bits per heavy atom. The van der Waals surface area contributed by atoms with Gasteiger partial charge in [0.25, 0.3) is 5.91 Å². The smallest absolute Gasteiger partial charge is 0.329 e. The maximum absolute atomic E-state index is 12.0. The fourth-order valence-electron chi connectivity index (χ4n) is 1.95. The van der Waals surface area contributed by atoms with E-state index in [-0.39, 0.29) is 24.3 Å². The zero-order chi connectivity index (χ0) is 15.4. The van der Waals surface area contributed by atoms with Crippen molar-refractivity contribution >= 4 is 18.0 Å². The minimum Gasteiger partial charge on any atom is -0.491 e. The third-order valence-corrected chi connectivity index (χ3v) is 2.84. The maximum Gasteiger partial charge on any atom is 0.329 e. The van der Waals surface area contributed by atoms with E-state index in [1.807, 2.05) is 38.1 Å². The van der Waals surface area contributed by atoms with Crippen LogP contribution >= 0.6 is 0 Å². The number of nitrogens with one attached hydrogen (secondary N) is 1. The summed E-state index contributed by atoms with van der Waals surface area (Å²) >= 11 is 0. The number of carbonyl (C=O) groups excluding carboxylic acids is 2. The molecule has 1 aromatic carbocycles. The molecule has 1 aromatic rings. The van der Waals surface area contributed by atoms with Crippen LogP contribution in [0.25, 0.3) is 6.08 Å². The summed E-state index contributed by atoms with van der Waals surface area (Å²) in [6, 6.07) is 6.90. The number of benzene rings is 1. The largest absolute Gasteiger partial charge is 0.491 e. The van der Waals surface area contributed by atoms with E-state index in [4.69, 9.17) is 4.74 Å².